The molecule has 2 N–H and O–H groups in total. The number of anilines is 1. The standard InChI is InChI=1S/C14H20N4/c1-9-5-7-16-12-11(9)17-13(15)18(12)10-4-6-14(2,3)8-10/h5,7,10H,4,6,8H2,1-3H3,(H2,15,17). The van der Waals surface area contributed by atoms with E-state index in [1.54, 1.807) is 0 Å². The average molecular weight is 244 g/mol. The Morgan fingerprint density at radius 3 is 2.89 bits per heavy atom. The van der Waals surface area contributed by atoms with Gasteiger partial charge in [0.25, 0.3) is 0 Å². The highest BCUT2D eigenvalue weighted by molar-refractivity contribution is 5.77. The Bertz CT molecular complexity index is 597. The number of rotatable bonds is 1. The van der Waals surface area contributed by atoms with Gasteiger partial charge in [-0.3, -0.25) is 4.57 Å². The molecule has 0 radical (unpaired) electrons. The Balaban J connectivity index is 2.12. The maximum Gasteiger partial charge on any atom is 0.202 e. The molecule has 0 aromatic carbocycles. The first-order valence-corrected chi connectivity index (χ1v) is 6.57. The number of hydrogen-bond donors (Lipinski definition) is 1. The summed E-state index contributed by atoms with van der Waals surface area (Å²) >= 11 is 0. The van der Waals surface area contributed by atoms with E-state index < -0.39 is 0 Å². The Labute approximate surface area is 107 Å². The van der Waals surface area contributed by atoms with E-state index in [9.17, 15) is 0 Å². The minimum atomic E-state index is 0.400. The van der Waals surface area contributed by atoms with Crippen LogP contribution in [0.1, 0.15) is 44.7 Å². The van der Waals surface area contributed by atoms with Gasteiger partial charge in [-0.25, -0.2) is 9.97 Å². The summed E-state index contributed by atoms with van der Waals surface area (Å²) in [6.45, 7) is 6.70. The third-order valence-electron chi connectivity index (χ3n) is 4.12. The molecule has 0 saturated heterocycles. The Morgan fingerprint density at radius 2 is 2.22 bits per heavy atom. The van der Waals surface area contributed by atoms with Crippen LogP contribution in [0, 0.1) is 12.3 Å². The van der Waals surface area contributed by atoms with E-state index in [0.29, 0.717) is 17.4 Å². The number of aryl methyl sites for hydroxylation is 1. The Hall–Kier alpha value is -1.58. The van der Waals surface area contributed by atoms with E-state index >= 15 is 0 Å². The number of imidazole rings is 1. The molecule has 2 aromatic rings. The van der Waals surface area contributed by atoms with Crippen molar-refractivity contribution in [3.05, 3.63) is 17.8 Å². The molecule has 18 heavy (non-hydrogen) atoms. The van der Waals surface area contributed by atoms with Gasteiger partial charge in [-0.05, 0) is 43.2 Å². The van der Waals surface area contributed by atoms with Crippen molar-refractivity contribution in [2.24, 2.45) is 5.41 Å². The summed E-state index contributed by atoms with van der Waals surface area (Å²) in [4.78, 5) is 8.96. The molecule has 0 aliphatic heterocycles. The third kappa shape index (κ3) is 1.67. The first-order chi connectivity index (χ1) is 8.48. The maximum atomic E-state index is 6.10. The van der Waals surface area contributed by atoms with Gasteiger partial charge in [-0.2, -0.15) is 0 Å². The van der Waals surface area contributed by atoms with Crippen LogP contribution in [0.4, 0.5) is 5.95 Å². The molecule has 96 valence electrons. The van der Waals surface area contributed by atoms with Crippen molar-refractivity contribution in [1.29, 1.82) is 0 Å². The summed E-state index contributed by atoms with van der Waals surface area (Å²) in [6.07, 6.45) is 5.40. The van der Waals surface area contributed by atoms with Crippen molar-refractivity contribution in [3.63, 3.8) is 0 Å². The molecule has 1 unspecified atom stereocenters. The molecule has 0 bridgehead atoms. The third-order valence-corrected chi connectivity index (χ3v) is 4.12. The lowest BCUT2D eigenvalue weighted by Crippen LogP contribution is -2.12. The van der Waals surface area contributed by atoms with Gasteiger partial charge in [0.2, 0.25) is 5.95 Å². The zero-order valence-corrected chi connectivity index (χ0v) is 11.3. The molecule has 1 atom stereocenters. The summed E-state index contributed by atoms with van der Waals surface area (Å²) in [6, 6.07) is 2.43. The molecule has 1 aliphatic rings. The molecule has 1 fully saturated rings. The summed E-state index contributed by atoms with van der Waals surface area (Å²) < 4.78 is 2.14. The van der Waals surface area contributed by atoms with E-state index in [2.05, 4.69) is 35.3 Å². The first kappa shape index (κ1) is 11.5. The van der Waals surface area contributed by atoms with Crippen LogP contribution >= 0.6 is 0 Å². The van der Waals surface area contributed by atoms with Gasteiger partial charge in [0.1, 0.15) is 5.52 Å². The fourth-order valence-corrected chi connectivity index (χ4v) is 3.11. The van der Waals surface area contributed by atoms with E-state index in [1.165, 1.54) is 6.42 Å². The first-order valence-electron chi connectivity index (χ1n) is 6.57. The molecule has 4 heteroatoms. The van der Waals surface area contributed by atoms with Crippen molar-refractivity contribution in [2.45, 2.75) is 46.1 Å². The van der Waals surface area contributed by atoms with Crippen molar-refractivity contribution < 1.29 is 0 Å². The van der Waals surface area contributed by atoms with E-state index in [4.69, 9.17) is 5.73 Å². The summed E-state index contributed by atoms with van der Waals surface area (Å²) in [7, 11) is 0. The normalized spacial score (nSPS) is 22.7. The van der Waals surface area contributed by atoms with E-state index in [-0.39, 0.29) is 0 Å². The molecule has 1 aliphatic carbocycles. The van der Waals surface area contributed by atoms with Gasteiger partial charge in [0.05, 0.1) is 0 Å². The largest absolute Gasteiger partial charge is 0.369 e. The van der Waals surface area contributed by atoms with E-state index in [0.717, 1.165) is 29.6 Å². The molecule has 0 spiro atoms. The molecule has 2 aromatic heterocycles. The van der Waals surface area contributed by atoms with Gasteiger partial charge in [-0.15, -0.1) is 0 Å². The van der Waals surface area contributed by atoms with Crippen LogP contribution in [0.15, 0.2) is 12.3 Å². The topological polar surface area (TPSA) is 56.7 Å². The quantitative estimate of drug-likeness (QED) is 0.838. The number of aromatic nitrogens is 3. The highest BCUT2D eigenvalue weighted by Crippen LogP contribution is 2.45. The average Bonchev–Trinajstić information content (AvgIpc) is 2.79. The van der Waals surface area contributed by atoms with Crippen LogP contribution in [-0.2, 0) is 0 Å². The lowest BCUT2D eigenvalue weighted by molar-refractivity contribution is 0.361. The van der Waals surface area contributed by atoms with Crippen LogP contribution in [-0.4, -0.2) is 14.5 Å². The van der Waals surface area contributed by atoms with Gasteiger partial charge >= 0.3 is 0 Å². The smallest absolute Gasteiger partial charge is 0.202 e. The minimum Gasteiger partial charge on any atom is -0.369 e. The zero-order valence-electron chi connectivity index (χ0n) is 11.3. The van der Waals surface area contributed by atoms with Crippen LogP contribution in [0.3, 0.4) is 0 Å². The molecule has 4 nitrogen and oxygen atoms in total. The summed E-state index contributed by atoms with van der Waals surface area (Å²) in [5.74, 6) is 0.606. The van der Waals surface area contributed by atoms with Gasteiger partial charge < -0.3 is 5.73 Å². The van der Waals surface area contributed by atoms with Crippen molar-refractivity contribution in [1.82, 2.24) is 14.5 Å². The van der Waals surface area contributed by atoms with Crippen LogP contribution in [0.2, 0.25) is 0 Å². The van der Waals surface area contributed by atoms with Gasteiger partial charge in [-0.1, -0.05) is 13.8 Å². The molecular formula is C14H20N4. The van der Waals surface area contributed by atoms with Gasteiger partial charge in [0.15, 0.2) is 5.65 Å². The summed E-state index contributed by atoms with van der Waals surface area (Å²) in [5.41, 5.74) is 9.53. The SMILES string of the molecule is Cc1ccnc2c1nc(N)n2C1CCC(C)(C)C1. The molecule has 2 heterocycles. The molecule has 1 saturated carbocycles. The number of nitrogen functional groups attached to an aromatic ring is 1. The maximum absolute atomic E-state index is 6.10. The second-order valence-corrected chi connectivity index (χ2v) is 6.20. The van der Waals surface area contributed by atoms with E-state index in [1.807, 2.05) is 12.3 Å². The van der Waals surface area contributed by atoms with Crippen molar-refractivity contribution in [2.75, 3.05) is 5.73 Å². The van der Waals surface area contributed by atoms with Crippen LogP contribution < -0.4 is 5.73 Å². The molecule has 3 rings (SSSR count). The molecular weight excluding hydrogens is 224 g/mol. The second-order valence-electron chi connectivity index (χ2n) is 6.20. The Kier molecular flexibility index (Phi) is 2.37. The monoisotopic (exact) mass is 244 g/mol. The fraction of sp³-hybridized carbons (Fsp3) is 0.571. The van der Waals surface area contributed by atoms with Crippen LogP contribution in [0.25, 0.3) is 11.2 Å². The Morgan fingerprint density at radius 1 is 1.44 bits per heavy atom. The highest BCUT2D eigenvalue weighted by atomic mass is 15.2. The predicted molar refractivity (Wildman–Crippen MR) is 73.3 cm³/mol. The highest BCUT2D eigenvalue weighted by Gasteiger charge is 2.33. The number of nitrogens with zero attached hydrogens (tertiary/aromatic N) is 3. The summed E-state index contributed by atoms with van der Waals surface area (Å²) in [5, 5.41) is 0. The predicted octanol–water partition coefficient (Wildman–Crippen LogP) is 3.07. The van der Waals surface area contributed by atoms with Crippen LogP contribution in [0.5, 0.6) is 0 Å². The number of hydrogen-bond acceptors (Lipinski definition) is 3. The number of nitrogens with two attached hydrogens (primary N) is 1. The number of pyridine rings is 1. The van der Waals surface area contributed by atoms with Crippen molar-refractivity contribution in [3.8, 4) is 0 Å². The lowest BCUT2D eigenvalue weighted by Gasteiger charge is -2.18. The lowest BCUT2D eigenvalue weighted by atomic mass is 9.92. The molecule has 0 amide bonds. The zero-order chi connectivity index (χ0) is 12.9. The van der Waals surface area contributed by atoms with Gasteiger partial charge in [0, 0.05) is 12.2 Å². The fourth-order valence-electron chi connectivity index (χ4n) is 3.11. The number of fused-ring (bicyclic) bond motifs is 1. The second kappa shape index (κ2) is 3.70. The minimum absolute atomic E-state index is 0.400. The van der Waals surface area contributed by atoms with Crippen molar-refractivity contribution >= 4 is 17.1 Å².